The second kappa shape index (κ2) is 7.67. The molecule has 0 spiro atoms. The number of hydrogen-bond donors (Lipinski definition) is 2. The second-order valence-corrected chi connectivity index (χ2v) is 5.63. The Morgan fingerprint density at radius 1 is 1.25 bits per heavy atom. The van der Waals surface area contributed by atoms with E-state index >= 15 is 0 Å². The molecule has 0 aromatic carbocycles. The molecule has 2 N–H and O–H groups in total. The van der Waals surface area contributed by atoms with Crippen LogP contribution in [-0.2, 0) is 7.05 Å². The molecule has 0 fully saturated rings. The van der Waals surface area contributed by atoms with E-state index < -0.39 is 0 Å². The third-order valence-corrected chi connectivity index (χ3v) is 3.58. The van der Waals surface area contributed by atoms with Crippen LogP contribution in [-0.4, -0.2) is 34.8 Å². The first-order chi connectivity index (χ1) is 11.5. The van der Waals surface area contributed by atoms with Crippen molar-refractivity contribution in [2.75, 3.05) is 19.5 Å². The van der Waals surface area contributed by atoms with Crippen LogP contribution in [0.25, 0.3) is 0 Å². The molecule has 1 unspecified atom stereocenters. The Labute approximate surface area is 141 Å². The summed E-state index contributed by atoms with van der Waals surface area (Å²) >= 11 is 0. The van der Waals surface area contributed by atoms with Gasteiger partial charge in [0.1, 0.15) is 11.5 Å². The number of ether oxygens (including phenoxy) is 2. The smallest absolute Gasteiger partial charge is 0.319 e. The molecule has 0 saturated carbocycles. The van der Waals surface area contributed by atoms with Crippen LogP contribution in [0.2, 0.25) is 0 Å². The summed E-state index contributed by atoms with van der Waals surface area (Å²) < 4.78 is 12.1. The molecule has 1 atom stereocenters. The van der Waals surface area contributed by atoms with Crippen LogP contribution in [0.5, 0.6) is 11.8 Å². The van der Waals surface area contributed by atoms with Crippen LogP contribution in [0.1, 0.15) is 25.7 Å². The molecule has 2 aromatic rings. The van der Waals surface area contributed by atoms with Gasteiger partial charge in [0.2, 0.25) is 11.8 Å². The predicted octanol–water partition coefficient (Wildman–Crippen LogP) is 2.35. The number of anilines is 1. The fourth-order valence-corrected chi connectivity index (χ4v) is 2.29. The molecule has 0 aliphatic carbocycles. The summed E-state index contributed by atoms with van der Waals surface area (Å²) in [6, 6.07) is 2.75. The number of aromatic nitrogens is 3. The quantitative estimate of drug-likeness (QED) is 0.847. The first-order valence-corrected chi connectivity index (χ1v) is 7.60. The molecule has 2 amide bonds. The lowest BCUT2D eigenvalue weighted by molar-refractivity contribution is 0.243. The highest BCUT2D eigenvalue weighted by Gasteiger charge is 2.22. The van der Waals surface area contributed by atoms with E-state index in [0.29, 0.717) is 11.6 Å². The van der Waals surface area contributed by atoms with Gasteiger partial charge in [-0.05, 0) is 12.0 Å². The monoisotopic (exact) mass is 333 g/mol. The van der Waals surface area contributed by atoms with Gasteiger partial charge >= 0.3 is 6.03 Å². The van der Waals surface area contributed by atoms with E-state index in [1.807, 2.05) is 31.7 Å². The lowest BCUT2D eigenvalue weighted by Gasteiger charge is -2.22. The average Bonchev–Trinajstić information content (AvgIpc) is 2.98. The molecular weight excluding hydrogens is 310 g/mol. The van der Waals surface area contributed by atoms with Crippen LogP contribution in [0.15, 0.2) is 24.5 Å². The van der Waals surface area contributed by atoms with Crippen LogP contribution in [0.4, 0.5) is 10.5 Å². The van der Waals surface area contributed by atoms with E-state index in [9.17, 15) is 4.79 Å². The molecule has 8 nitrogen and oxygen atoms in total. The fraction of sp³-hybridized carbons (Fsp3) is 0.438. The topological polar surface area (TPSA) is 90.3 Å². The van der Waals surface area contributed by atoms with Gasteiger partial charge in [-0.2, -0.15) is 4.98 Å². The molecule has 2 rings (SSSR count). The third kappa shape index (κ3) is 3.95. The molecule has 0 saturated heterocycles. The summed E-state index contributed by atoms with van der Waals surface area (Å²) in [4.78, 5) is 20.8. The number of rotatable bonds is 6. The van der Waals surface area contributed by atoms with Gasteiger partial charge < -0.3 is 24.7 Å². The average molecular weight is 333 g/mol. The van der Waals surface area contributed by atoms with Gasteiger partial charge in [-0.25, -0.2) is 9.78 Å². The maximum Gasteiger partial charge on any atom is 0.319 e. The lowest BCUT2D eigenvalue weighted by Crippen LogP contribution is -2.36. The van der Waals surface area contributed by atoms with Gasteiger partial charge in [-0.1, -0.05) is 13.8 Å². The molecule has 2 aromatic heterocycles. The summed E-state index contributed by atoms with van der Waals surface area (Å²) in [5, 5.41) is 5.69. The van der Waals surface area contributed by atoms with E-state index in [4.69, 9.17) is 9.47 Å². The van der Waals surface area contributed by atoms with Gasteiger partial charge in [0, 0.05) is 25.5 Å². The molecule has 24 heavy (non-hydrogen) atoms. The van der Waals surface area contributed by atoms with Gasteiger partial charge in [-0.15, -0.1) is 0 Å². The van der Waals surface area contributed by atoms with Crippen molar-refractivity contribution < 1.29 is 14.3 Å². The predicted molar refractivity (Wildman–Crippen MR) is 90.3 cm³/mol. The molecule has 0 radical (unpaired) electrons. The van der Waals surface area contributed by atoms with Crippen molar-refractivity contribution >= 4 is 11.7 Å². The first-order valence-electron chi connectivity index (χ1n) is 7.60. The summed E-state index contributed by atoms with van der Waals surface area (Å²) in [7, 11) is 4.89. The number of carbonyl (C=O) groups excluding carboxylic acids is 1. The van der Waals surface area contributed by atoms with Crippen molar-refractivity contribution in [2.24, 2.45) is 13.0 Å². The molecular formula is C16H23N5O3. The fourth-order valence-electron chi connectivity index (χ4n) is 2.29. The number of amides is 2. The molecule has 0 aliphatic rings. The number of nitrogens with one attached hydrogen (secondary N) is 2. The van der Waals surface area contributed by atoms with Crippen LogP contribution in [0, 0.1) is 5.92 Å². The maximum atomic E-state index is 12.4. The second-order valence-electron chi connectivity index (χ2n) is 5.63. The van der Waals surface area contributed by atoms with Gasteiger partial charge in [0.05, 0.1) is 20.3 Å². The van der Waals surface area contributed by atoms with Crippen molar-refractivity contribution in [1.29, 1.82) is 0 Å². The van der Waals surface area contributed by atoms with Gasteiger partial charge in [0.25, 0.3) is 0 Å². The molecule has 130 valence electrons. The van der Waals surface area contributed by atoms with E-state index in [0.717, 1.165) is 5.82 Å². The standard InChI is InChI=1S/C16H23N5O3/c1-10(2)13(14-17-8-9-21(14)3)20-16(22)18-11-6-7-12(23-4)19-15(11)24-5/h6-10,13H,1-5H3,(H2,18,20,22). The number of hydrogen-bond acceptors (Lipinski definition) is 5. The zero-order chi connectivity index (χ0) is 17.7. The van der Waals surface area contributed by atoms with Gasteiger partial charge in [0.15, 0.2) is 0 Å². The number of imidazole rings is 1. The molecule has 0 aliphatic heterocycles. The number of urea groups is 1. The summed E-state index contributed by atoms with van der Waals surface area (Å²) in [5.41, 5.74) is 0.457. The van der Waals surface area contributed by atoms with Crippen molar-refractivity contribution in [1.82, 2.24) is 19.9 Å². The number of carbonyl (C=O) groups is 1. The van der Waals surface area contributed by atoms with Crippen LogP contribution in [0.3, 0.4) is 0 Å². The Kier molecular flexibility index (Phi) is 5.62. The molecule has 2 heterocycles. The summed E-state index contributed by atoms with van der Waals surface area (Å²) in [5.74, 6) is 1.65. The van der Waals surface area contributed by atoms with E-state index in [1.165, 1.54) is 14.2 Å². The normalized spacial score (nSPS) is 11.9. The Bertz CT molecular complexity index is 699. The summed E-state index contributed by atoms with van der Waals surface area (Å²) in [6.07, 6.45) is 3.56. The van der Waals surface area contributed by atoms with Crippen molar-refractivity contribution in [3.05, 3.63) is 30.4 Å². The SMILES string of the molecule is COc1ccc(NC(=O)NC(c2nccn2C)C(C)C)c(OC)n1. The van der Waals surface area contributed by atoms with E-state index in [1.54, 1.807) is 18.3 Å². The van der Waals surface area contributed by atoms with E-state index in [-0.39, 0.29) is 23.9 Å². The third-order valence-electron chi connectivity index (χ3n) is 3.58. The first kappa shape index (κ1) is 17.6. The largest absolute Gasteiger partial charge is 0.481 e. The van der Waals surface area contributed by atoms with Crippen LogP contribution >= 0.6 is 0 Å². The minimum absolute atomic E-state index is 0.174. The zero-order valence-electron chi connectivity index (χ0n) is 14.5. The number of methoxy groups -OCH3 is 2. The van der Waals surface area contributed by atoms with Crippen molar-refractivity contribution in [2.45, 2.75) is 19.9 Å². The highest BCUT2D eigenvalue weighted by molar-refractivity contribution is 5.90. The minimum atomic E-state index is -0.359. The minimum Gasteiger partial charge on any atom is -0.481 e. The number of aryl methyl sites for hydroxylation is 1. The van der Waals surface area contributed by atoms with Gasteiger partial charge in [-0.3, -0.25) is 0 Å². The Balaban J connectivity index is 2.13. The Hall–Kier alpha value is -2.77. The number of nitrogens with zero attached hydrogens (tertiary/aromatic N) is 3. The van der Waals surface area contributed by atoms with Crippen molar-refractivity contribution in [3.63, 3.8) is 0 Å². The van der Waals surface area contributed by atoms with E-state index in [2.05, 4.69) is 20.6 Å². The highest BCUT2D eigenvalue weighted by atomic mass is 16.5. The zero-order valence-corrected chi connectivity index (χ0v) is 14.5. The van der Waals surface area contributed by atoms with Crippen molar-refractivity contribution in [3.8, 4) is 11.8 Å². The Morgan fingerprint density at radius 3 is 2.54 bits per heavy atom. The molecule has 0 bridgehead atoms. The van der Waals surface area contributed by atoms with Crippen LogP contribution < -0.4 is 20.1 Å². The Morgan fingerprint density at radius 2 is 2.00 bits per heavy atom. The maximum absolute atomic E-state index is 12.4. The number of pyridine rings is 1. The highest BCUT2D eigenvalue weighted by Crippen LogP contribution is 2.25. The lowest BCUT2D eigenvalue weighted by atomic mass is 10.0. The summed E-state index contributed by atoms with van der Waals surface area (Å²) in [6.45, 7) is 4.05. The molecule has 8 heteroatoms.